The van der Waals surface area contributed by atoms with E-state index in [1.807, 2.05) is 0 Å². The zero-order valence-electron chi connectivity index (χ0n) is 10.5. The van der Waals surface area contributed by atoms with Crippen molar-refractivity contribution in [1.29, 1.82) is 0 Å². The molecule has 0 fully saturated rings. The van der Waals surface area contributed by atoms with E-state index in [0.717, 1.165) is 29.7 Å². The van der Waals surface area contributed by atoms with E-state index in [1.54, 1.807) is 7.11 Å². The molecule has 3 nitrogen and oxygen atoms in total. The predicted octanol–water partition coefficient (Wildman–Crippen LogP) is 3.22. The third kappa shape index (κ3) is 6.05. The minimum atomic E-state index is 0.664. The topological polar surface area (TPSA) is 30.5 Å². The molecule has 0 saturated carbocycles. The van der Waals surface area contributed by atoms with Crippen molar-refractivity contribution in [1.82, 2.24) is 0 Å². The number of benzene rings is 1. The van der Waals surface area contributed by atoms with Crippen LogP contribution in [-0.2, 0) is 9.47 Å². The molecule has 96 valence electrons. The van der Waals surface area contributed by atoms with Crippen molar-refractivity contribution in [2.24, 2.45) is 0 Å². The maximum absolute atomic E-state index is 5.39. The van der Waals surface area contributed by atoms with Crippen LogP contribution in [0.4, 0.5) is 5.69 Å². The van der Waals surface area contributed by atoms with E-state index < -0.39 is 0 Å². The fourth-order valence-corrected chi connectivity index (χ4v) is 1.80. The summed E-state index contributed by atoms with van der Waals surface area (Å²) in [5.74, 6) is 0. The monoisotopic (exact) mass is 301 g/mol. The Bertz CT molecular complexity index is 331. The maximum atomic E-state index is 5.39. The van der Waals surface area contributed by atoms with E-state index >= 15 is 0 Å². The Hall–Kier alpha value is -0.580. The van der Waals surface area contributed by atoms with Crippen molar-refractivity contribution in [3.8, 4) is 0 Å². The molecule has 0 aromatic heterocycles. The second kappa shape index (κ2) is 8.50. The highest BCUT2D eigenvalue weighted by atomic mass is 79.9. The van der Waals surface area contributed by atoms with Crippen LogP contribution in [0.15, 0.2) is 22.7 Å². The molecule has 17 heavy (non-hydrogen) atoms. The number of anilines is 1. The van der Waals surface area contributed by atoms with E-state index in [9.17, 15) is 0 Å². The molecule has 0 saturated heterocycles. The molecule has 0 aliphatic carbocycles. The molecule has 0 aliphatic rings. The second-order valence-corrected chi connectivity index (χ2v) is 4.72. The summed E-state index contributed by atoms with van der Waals surface area (Å²) in [6, 6.07) is 6.28. The molecule has 0 heterocycles. The molecular weight excluding hydrogens is 282 g/mol. The lowest BCUT2D eigenvalue weighted by Crippen LogP contribution is -2.08. The van der Waals surface area contributed by atoms with E-state index in [-0.39, 0.29) is 0 Å². The molecule has 0 atom stereocenters. The van der Waals surface area contributed by atoms with Crippen LogP contribution in [0.2, 0.25) is 0 Å². The fraction of sp³-hybridized carbons (Fsp3) is 0.538. The van der Waals surface area contributed by atoms with Gasteiger partial charge < -0.3 is 14.8 Å². The molecule has 1 aromatic carbocycles. The fourth-order valence-electron chi connectivity index (χ4n) is 1.42. The summed E-state index contributed by atoms with van der Waals surface area (Å²) in [5, 5.41) is 3.39. The average Bonchev–Trinajstić information content (AvgIpc) is 2.32. The van der Waals surface area contributed by atoms with Gasteiger partial charge in [-0.05, 0) is 47.0 Å². The Morgan fingerprint density at radius 2 is 2.06 bits per heavy atom. The number of ether oxygens (including phenoxy) is 2. The summed E-state index contributed by atoms with van der Waals surface area (Å²) in [6.45, 7) is 5.10. The molecule has 0 bridgehead atoms. The largest absolute Gasteiger partial charge is 0.384 e. The number of halogens is 1. The van der Waals surface area contributed by atoms with Crippen LogP contribution >= 0.6 is 15.9 Å². The van der Waals surface area contributed by atoms with Gasteiger partial charge in [-0.3, -0.25) is 0 Å². The van der Waals surface area contributed by atoms with Gasteiger partial charge in [-0.1, -0.05) is 6.07 Å². The maximum Gasteiger partial charge on any atom is 0.0700 e. The molecule has 0 amide bonds. The smallest absolute Gasteiger partial charge is 0.0700 e. The van der Waals surface area contributed by atoms with Gasteiger partial charge in [0.15, 0.2) is 0 Å². The van der Waals surface area contributed by atoms with Gasteiger partial charge in [-0.2, -0.15) is 0 Å². The summed E-state index contributed by atoms with van der Waals surface area (Å²) < 4.78 is 11.4. The second-order valence-electron chi connectivity index (χ2n) is 3.87. The van der Waals surface area contributed by atoms with Crippen LogP contribution in [0.5, 0.6) is 0 Å². The number of nitrogens with one attached hydrogen (secondary N) is 1. The number of hydrogen-bond acceptors (Lipinski definition) is 3. The van der Waals surface area contributed by atoms with Gasteiger partial charge >= 0.3 is 0 Å². The lowest BCUT2D eigenvalue weighted by atomic mass is 10.2. The quantitative estimate of drug-likeness (QED) is 0.748. The number of hydrogen-bond donors (Lipinski definition) is 1. The molecule has 4 heteroatoms. The third-order valence-corrected chi connectivity index (χ3v) is 3.03. The van der Waals surface area contributed by atoms with Gasteiger partial charge in [0, 0.05) is 30.4 Å². The van der Waals surface area contributed by atoms with Gasteiger partial charge in [-0.25, -0.2) is 0 Å². The summed E-state index contributed by atoms with van der Waals surface area (Å²) >= 11 is 3.52. The Morgan fingerprint density at radius 3 is 2.82 bits per heavy atom. The zero-order valence-corrected chi connectivity index (χ0v) is 12.0. The molecule has 1 N–H and O–H groups in total. The Balaban J connectivity index is 2.15. The van der Waals surface area contributed by atoms with Crippen molar-refractivity contribution >= 4 is 21.6 Å². The molecule has 1 aromatic rings. The van der Waals surface area contributed by atoms with Gasteiger partial charge in [-0.15, -0.1) is 0 Å². The zero-order chi connectivity index (χ0) is 12.5. The minimum Gasteiger partial charge on any atom is -0.384 e. The summed E-state index contributed by atoms with van der Waals surface area (Å²) in [6.07, 6.45) is 0.990. The van der Waals surface area contributed by atoms with E-state index in [4.69, 9.17) is 9.47 Å². The standard InChI is InChI=1S/C13H20BrNO2/c1-11-4-5-12(14)13(10-11)15-6-3-7-17-9-8-16-2/h4-5,10,15H,3,6-9H2,1-2H3. The SMILES string of the molecule is COCCOCCCNc1cc(C)ccc1Br. The first-order chi connectivity index (χ1) is 8.24. The van der Waals surface area contributed by atoms with Crippen LogP contribution in [-0.4, -0.2) is 33.5 Å². The van der Waals surface area contributed by atoms with Gasteiger partial charge in [0.2, 0.25) is 0 Å². The van der Waals surface area contributed by atoms with Crippen LogP contribution in [0, 0.1) is 6.92 Å². The summed E-state index contributed by atoms with van der Waals surface area (Å²) in [5.41, 5.74) is 2.40. The Morgan fingerprint density at radius 1 is 1.24 bits per heavy atom. The first-order valence-electron chi connectivity index (χ1n) is 5.80. The third-order valence-electron chi connectivity index (χ3n) is 2.33. The van der Waals surface area contributed by atoms with Gasteiger partial charge in [0.05, 0.1) is 13.2 Å². The van der Waals surface area contributed by atoms with Crippen molar-refractivity contribution in [3.05, 3.63) is 28.2 Å². The lowest BCUT2D eigenvalue weighted by molar-refractivity contribution is 0.0705. The van der Waals surface area contributed by atoms with Crippen molar-refractivity contribution in [2.45, 2.75) is 13.3 Å². The first-order valence-corrected chi connectivity index (χ1v) is 6.60. The molecule has 0 unspecified atom stereocenters. The molecular formula is C13H20BrNO2. The highest BCUT2D eigenvalue weighted by Gasteiger charge is 1.98. The van der Waals surface area contributed by atoms with Crippen molar-refractivity contribution in [2.75, 3.05) is 38.8 Å². The van der Waals surface area contributed by atoms with Gasteiger partial charge in [0.1, 0.15) is 0 Å². The van der Waals surface area contributed by atoms with Crippen molar-refractivity contribution < 1.29 is 9.47 Å². The van der Waals surface area contributed by atoms with E-state index in [2.05, 4.69) is 46.4 Å². The first kappa shape index (κ1) is 14.5. The number of rotatable bonds is 8. The average molecular weight is 302 g/mol. The van der Waals surface area contributed by atoms with Crippen LogP contribution < -0.4 is 5.32 Å². The Kier molecular flexibility index (Phi) is 7.24. The highest BCUT2D eigenvalue weighted by Crippen LogP contribution is 2.23. The highest BCUT2D eigenvalue weighted by molar-refractivity contribution is 9.10. The molecule has 0 radical (unpaired) electrons. The molecule has 1 rings (SSSR count). The van der Waals surface area contributed by atoms with Crippen LogP contribution in [0.3, 0.4) is 0 Å². The Labute approximate surface area is 112 Å². The molecule has 0 spiro atoms. The number of methoxy groups -OCH3 is 1. The predicted molar refractivity (Wildman–Crippen MR) is 74.7 cm³/mol. The minimum absolute atomic E-state index is 0.664. The summed E-state index contributed by atoms with van der Waals surface area (Å²) in [7, 11) is 1.68. The van der Waals surface area contributed by atoms with Gasteiger partial charge in [0.25, 0.3) is 0 Å². The van der Waals surface area contributed by atoms with E-state index in [0.29, 0.717) is 13.2 Å². The normalized spacial score (nSPS) is 10.5. The van der Waals surface area contributed by atoms with Crippen LogP contribution in [0.25, 0.3) is 0 Å². The number of aryl methyl sites for hydroxylation is 1. The van der Waals surface area contributed by atoms with E-state index in [1.165, 1.54) is 5.56 Å². The summed E-state index contributed by atoms with van der Waals surface area (Å²) in [4.78, 5) is 0. The molecule has 0 aliphatic heterocycles. The van der Waals surface area contributed by atoms with Crippen molar-refractivity contribution in [3.63, 3.8) is 0 Å². The lowest BCUT2D eigenvalue weighted by Gasteiger charge is -2.09. The van der Waals surface area contributed by atoms with Crippen LogP contribution in [0.1, 0.15) is 12.0 Å².